The van der Waals surface area contributed by atoms with Crippen molar-refractivity contribution in [3.8, 4) is 0 Å². The van der Waals surface area contributed by atoms with Crippen LogP contribution in [0.2, 0.25) is 0 Å². The van der Waals surface area contributed by atoms with Gasteiger partial charge in [0.2, 0.25) is 5.95 Å². The standard InChI is InChI=1S/C12H10FN3O2/c13-9-4-2-1-3-8(9)7-15-12-14-6-5-10(16-12)11(17)18/h1-6H,7H2,(H,17,18)(H,14,15,16). The van der Waals surface area contributed by atoms with Crippen LogP contribution in [0.1, 0.15) is 16.1 Å². The number of hydrogen-bond donors (Lipinski definition) is 2. The van der Waals surface area contributed by atoms with E-state index in [2.05, 4.69) is 15.3 Å². The van der Waals surface area contributed by atoms with E-state index in [0.717, 1.165) is 0 Å². The molecule has 0 radical (unpaired) electrons. The minimum absolute atomic E-state index is 0.110. The van der Waals surface area contributed by atoms with Gasteiger partial charge in [0.25, 0.3) is 0 Å². The van der Waals surface area contributed by atoms with E-state index in [1.807, 2.05) is 0 Å². The summed E-state index contributed by atoms with van der Waals surface area (Å²) in [5, 5.41) is 11.5. The Morgan fingerprint density at radius 1 is 1.33 bits per heavy atom. The van der Waals surface area contributed by atoms with Crippen molar-refractivity contribution in [2.75, 3.05) is 5.32 Å². The lowest BCUT2D eigenvalue weighted by Gasteiger charge is -2.05. The summed E-state index contributed by atoms with van der Waals surface area (Å²) < 4.78 is 13.3. The minimum atomic E-state index is -1.13. The van der Waals surface area contributed by atoms with Crippen molar-refractivity contribution in [2.45, 2.75) is 6.54 Å². The molecular formula is C12H10FN3O2. The number of benzene rings is 1. The van der Waals surface area contributed by atoms with Gasteiger partial charge in [-0.3, -0.25) is 0 Å². The highest BCUT2D eigenvalue weighted by molar-refractivity contribution is 5.85. The molecular weight excluding hydrogens is 237 g/mol. The maximum absolute atomic E-state index is 13.3. The van der Waals surface area contributed by atoms with Gasteiger partial charge in [-0.2, -0.15) is 0 Å². The third kappa shape index (κ3) is 2.79. The van der Waals surface area contributed by atoms with Crippen molar-refractivity contribution in [3.63, 3.8) is 0 Å². The number of carboxylic acids is 1. The van der Waals surface area contributed by atoms with Crippen LogP contribution in [0.5, 0.6) is 0 Å². The molecule has 0 saturated carbocycles. The Bertz CT molecular complexity index is 575. The van der Waals surface area contributed by atoms with Crippen LogP contribution in [0.15, 0.2) is 36.5 Å². The summed E-state index contributed by atoms with van der Waals surface area (Å²) in [7, 11) is 0. The fourth-order valence-electron chi connectivity index (χ4n) is 1.38. The van der Waals surface area contributed by atoms with E-state index in [-0.39, 0.29) is 24.0 Å². The predicted molar refractivity (Wildman–Crippen MR) is 62.7 cm³/mol. The first-order valence-corrected chi connectivity index (χ1v) is 5.20. The molecule has 1 aromatic carbocycles. The van der Waals surface area contributed by atoms with Crippen molar-refractivity contribution < 1.29 is 14.3 Å². The molecule has 6 heteroatoms. The summed E-state index contributed by atoms with van der Waals surface area (Å²) in [6, 6.07) is 7.58. The highest BCUT2D eigenvalue weighted by Crippen LogP contribution is 2.08. The lowest BCUT2D eigenvalue weighted by molar-refractivity contribution is 0.0690. The highest BCUT2D eigenvalue weighted by atomic mass is 19.1. The number of carbonyl (C=O) groups is 1. The molecule has 0 spiro atoms. The number of nitrogens with zero attached hydrogens (tertiary/aromatic N) is 2. The number of hydrogen-bond acceptors (Lipinski definition) is 4. The summed E-state index contributed by atoms with van der Waals surface area (Å²) >= 11 is 0. The van der Waals surface area contributed by atoms with Crippen LogP contribution in [0.25, 0.3) is 0 Å². The zero-order valence-electron chi connectivity index (χ0n) is 9.30. The van der Waals surface area contributed by atoms with Crippen LogP contribution in [-0.4, -0.2) is 21.0 Å². The van der Waals surface area contributed by atoms with Gasteiger partial charge in [-0.15, -0.1) is 0 Å². The molecule has 5 nitrogen and oxygen atoms in total. The maximum Gasteiger partial charge on any atom is 0.354 e. The van der Waals surface area contributed by atoms with Crippen molar-refractivity contribution >= 4 is 11.9 Å². The number of rotatable bonds is 4. The Morgan fingerprint density at radius 3 is 2.83 bits per heavy atom. The van der Waals surface area contributed by atoms with E-state index >= 15 is 0 Å². The average Bonchev–Trinajstić information content (AvgIpc) is 2.38. The third-order valence-electron chi connectivity index (χ3n) is 2.27. The molecule has 0 aliphatic carbocycles. The van der Waals surface area contributed by atoms with E-state index in [1.165, 1.54) is 18.3 Å². The Kier molecular flexibility index (Phi) is 3.47. The number of halogens is 1. The molecule has 2 aromatic rings. The molecule has 92 valence electrons. The quantitative estimate of drug-likeness (QED) is 0.863. The lowest BCUT2D eigenvalue weighted by Crippen LogP contribution is -2.08. The first-order valence-electron chi connectivity index (χ1n) is 5.20. The number of nitrogens with one attached hydrogen (secondary N) is 1. The van der Waals surface area contributed by atoms with Crippen LogP contribution >= 0.6 is 0 Å². The zero-order valence-corrected chi connectivity index (χ0v) is 9.30. The van der Waals surface area contributed by atoms with Crippen LogP contribution in [0, 0.1) is 5.82 Å². The van der Waals surface area contributed by atoms with Gasteiger partial charge in [0.05, 0.1) is 0 Å². The molecule has 1 heterocycles. The van der Waals surface area contributed by atoms with Crippen molar-refractivity contribution in [2.24, 2.45) is 0 Å². The predicted octanol–water partition coefficient (Wildman–Crippen LogP) is 1.93. The smallest absolute Gasteiger partial charge is 0.354 e. The monoisotopic (exact) mass is 247 g/mol. The number of carboxylic acid groups (broad SMARTS) is 1. The van der Waals surface area contributed by atoms with E-state index in [4.69, 9.17) is 5.11 Å². The molecule has 0 aliphatic heterocycles. The molecule has 18 heavy (non-hydrogen) atoms. The van der Waals surface area contributed by atoms with Crippen molar-refractivity contribution in [1.82, 2.24) is 9.97 Å². The Balaban J connectivity index is 2.09. The highest BCUT2D eigenvalue weighted by Gasteiger charge is 2.06. The van der Waals surface area contributed by atoms with E-state index in [9.17, 15) is 9.18 Å². The van der Waals surface area contributed by atoms with Gasteiger partial charge < -0.3 is 10.4 Å². The third-order valence-corrected chi connectivity index (χ3v) is 2.27. The number of anilines is 1. The van der Waals surface area contributed by atoms with Crippen LogP contribution in [-0.2, 0) is 6.54 Å². The molecule has 2 N–H and O–H groups in total. The van der Waals surface area contributed by atoms with Gasteiger partial charge in [0.1, 0.15) is 5.82 Å². The van der Waals surface area contributed by atoms with Crippen molar-refractivity contribution in [1.29, 1.82) is 0 Å². The average molecular weight is 247 g/mol. The second-order valence-corrected chi connectivity index (χ2v) is 3.52. The summed E-state index contributed by atoms with van der Waals surface area (Å²) in [6.07, 6.45) is 1.33. The normalized spacial score (nSPS) is 10.1. The molecule has 0 saturated heterocycles. The van der Waals surface area contributed by atoms with Gasteiger partial charge in [-0.05, 0) is 12.1 Å². The SMILES string of the molecule is O=C(O)c1ccnc(NCc2ccccc2F)n1. The second kappa shape index (κ2) is 5.22. The van der Waals surface area contributed by atoms with Gasteiger partial charge in [0.15, 0.2) is 5.69 Å². The maximum atomic E-state index is 13.3. The van der Waals surface area contributed by atoms with Gasteiger partial charge in [0, 0.05) is 18.3 Å². The molecule has 1 aromatic heterocycles. The zero-order chi connectivity index (χ0) is 13.0. The Labute approximate surface area is 102 Å². The van der Waals surface area contributed by atoms with Gasteiger partial charge in [-0.25, -0.2) is 19.2 Å². The van der Waals surface area contributed by atoms with E-state index < -0.39 is 5.97 Å². The molecule has 0 unspecified atom stereocenters. The Hall–Kier alpha value is -2.50. The Morgan fingerprint density at radius 2 is 2.11 bits per heavy atom. The molecule has 0 fully saturated rings. The van der Waals surface area contributed by atoms with Gasteiger partial charge >= 0.3 is 5.97 Å². The first-order chi connectivity index (χ1) is 8.66. The number of aromatic carboxylic acids is 1. The number of aromatic nitrogens is 2. The molecule has 0 atom stereocenters. The minimum Gasteiger partial charge on any atom is -0.477 e. The summed E-state index contributed by atoms with van der Waals surface area (Å²) in [6.45, 7) is 0.190. The van der Waals surface area contributed by atoms with Crippen LogP contribution in [0.3, 0.4) is 0 Å². The molecule has 0 bridgehead atoms. The summed E-state index contributed by atoms with van der Waals surface area (Å²) in [4.78, 5) is 18.3. The first kappa shape index (κ1) is 12.0. The summed E-state index contributed by atoms with van der Waals surface area (Å²) in [5.74, 6) is -1.32. The van der Waals surface area contributed by atoms with Crippen LogP contribution in [0.4, 0.5) is 10.3 Å². The summed E-state index contributed by atoms with van der Waals surface area (Å²) in [5.41, 5.74) is 0.350. The van der Waals surface area contributed by atoms with E-state index in [1.54, 1.807) is 18.2 Å². The topological polar surface area (TPSA) is 75.1 Å². The molecule has 0 amide bonds. The molecule has 2 rings (SSSR count). The second-order valence-electron chi connectivity index (χ2n) is 3.52. The largest absolute Gasteiger partial charge is 0.477 e. The van der Waals surface area contributed by atoms with Crippen molar-refractivity contribution in [3.05, 3.63) is 53.6 Å². The fraction of sp³-hybridized carbons (Fsp3) is 0.0833. The van der Waals surface area contributed by atoms with Gasteiger partial charge in [-0.1, -0.05) is 18.2 Å². The fourth-order valence-corrected chi connectivity index (χ4v) is 1.38. The van der Waals surface area contributed by atoms with E-state index in [0.29, 0.717) is 5.56 Å². The van der Waals surface area contributed by atoms with Crippen LogP contribution < -0.4 is 5.32 Å². The lowest BCUT2D eigenvalue weighted by atomic mass is 10.2. The molecule has 0 aliphatic rings.